The number of hydrogen-bond acceptors (Lipinski definition) is 5. The van der Waals surface area contributed by atoms with Gasteiger partial charge in [0.05, 0.1) is 22.2 Å². The predicted octanol–water partition coefficient (Wildman–Crippen LogP) is 5.69. The van der Waals surface area contributed by atoms with Crippen LogP contribution in [0.2, 0.25) is 0 Å². The van der Waals surface area contributed by atoms with Gasteiger partial charge in [-0.05, 0) is 71.6 Å². The normalized spacial score (nSPS) is 11.9. The lowest BCUT2D eigenvalue weighted by molar-refractivity contribution is -0.140. The number of sulfonamides is 1. The second kappa shape index (κ2) is 15.0. The third-order valence-corrected chi connectivity index (χ3v) is 9.11. The maximum Gasteiger partial charge on any atom is 0.264 e. The summed E-state index contributed by atoms with van der Waals surface area (Å²) < 4.78 is 34.9. The average molecular weight is 645 g/mol. The largest absolute Gasteiger partial charge is 0.496 e. The van der Waals surface area contributed by atoms with Gasteiger partial charge in [-0.1, -0.05) is 68.3 Å². The predicted molar refractivity (Wildman–Crippen MR) is 165 cm³/mol. The molecule has 8 nitrogen and oxygen atoms in total. The number of rotatable bonds is 14. The van der Waals surface area contributed by atoms with Gasteiger partial charge in [0.15, 0.2) is 0 Å². The molecule has 0 aliphatic heterocycles. The van der Waals surface area contributed by atoms with Crippen LogP contribution in [0.5, 0.6) is 5.75 Å². The van der Waals surface area contributed by atoms with Gasteiger partial charge in [-0.2, -0.15) is 0 Å². The molecule has 1 atom stereocenters. The number of methoxy groups -OCH3 is 1. The highest BCUT2D eigenvalue weighted by atomic mass is 79.9. The van der Waals surface area contributed by atoms with Gasteiger partial charge >= 0.3 is 0 Å². The first kappa shape index (κ1) is 32.1. The van der Waals surface area contributed by atoms with E-state index in [0.717, 1.165) is 28.3 Å². The first-order valence-corrected chi connectivity index (χ1v) is 15.9. The Kier molecular flexibility index (Phi) is 11.8. The molecule has 0 spiro atoms. The smallest absolute Gasteiger partial charge is 0.264 e. The molecule has 0 aliphatic rings. The van der Waals surface area contributed by atoms with Crippen LogP contribution in [-0.2, 0) is 26.2 Å². The van der Waals surface area contributed by atoms with E-state index in [1.165, 1.54) is 24.1 Å². The van der Waals surface area contributed by atoms with Crippen LogP contribution >= 0.6 is 15.9 Å². The van der Waals surface area contributed by atoms with Crippen LogP contribution in [0.1, 0.15) is 44.2 Å². The number of amides is 2. The third kappa shape index (κ3) is 8.33. The molecule has 1 N–H and O–H groups in total. The van der Waals surface area contributed by atoms with Gasteiger partial charge in [-0.15, -0.1) is 0 Å². The van der Waals surface area contributed by atoms with Crippen molar-refractivity contribution in [3.8, 4) is 5.75 Å². The van der Waals surface area contributed by atoms with Crippen molar-refractivity contribution in [1.82, 2.24) is 10.2 Å². The fourth-order valence-corrected chi connectivity index (χ4v) is 6.51. The quantitative estimate of drug-likeness (QED) is 0.228. The molecule has 3 aromatic rings. The minimum atomic E-state index is -4.19. The molecular formula is C31H38BrN3O5S. The van der Waals surface area contributed by atoms with Crippen molar-refractivity contribution in [3.05, 3.63) is 88.4 Å². The van der Waals surface area contributed by atoms with Crippen LogP contribution in [0.15, 0.2) is 82.2 Å². The van der Waals surface area contributed by atoms with Gasteiger partial charge in [-0.3, -0.25) is 13.9 Å². The molecule has 0 fully saturated rings. The van der Waals surface area contributed by atoms with Crippen LogP contribution in [-0.4, -0.2) is 51.4 Å². The number of anilines is 1. The van der Waals surface area contributed by atoms with E-state index in [9.17, 15) is 18.0 Å². The second-order valence-corrected chi connectivity index (χ2v) is 12.4. The van der Waals surface area contributed by atoms with Crippen LogP contribution in [0, 0.1) is 6.92 Å². The topological polar surface area (TPSA) is 96.0 Å². The van der Waals surface area contributed by atoms with E-state index < -0.39 is 28.5 Å². The Balaban J connectivity index is 2.04. The van der Waals surface area contributed by atoms with Crippen molar-refractivity contribution >= 4 is 43.5 Å². The molecule has 0 saturated carbocycles. The standard InChI is InChI=1S/C31H38BrN3O5S/c1-5-7-19-33-31(37)28(6-2)34(21-24-11-9-8-10-12-24)30(36)22-35(25-15-13-23(3)14-16-25)41(38,39)26-17-18-29(40-4)27(32)20-26/h8-18,20,28H,5-7,19,21-22H2,1-4H3,(H,33,37)/t28-/m1/s1. The number of benzene rings is 3. The lowest BCUT2D eigenvalue weighted by Gasteiger charge is -2.33. The van der Waals surface area contributed by atoms with Gasteiger partial charge in [0.1, 0.15) is 18.3 Å². The van der Waals surface area contributed by atoms with Crippen molar-refractivity contribution in [2.75, 3.05) is 24.5 Å². The molecule has 2 amide bonds. The zero-order chi connectivity index (χ0) is 30.0. The molecule has 3 aromatic carbocycles. The van der Waals surface area contributed by atoms with E-state index >= 15 is 0 Å². The average Bonchev–Trinajstić information content (AvgIpc) is 2.96. The SMILES string of the molecule is CCCCNC(=O)[C@@H](CC)N(Cc1ccccc1)C(=O)CN(c1ccc(C)cc1)S(=O)(=O)c1ccc(OC)c(Br)c1. The molecule has 41 heavy (non-hydrogen) atoms. The summed E-state index contributed by atoms with van der Waals surface area (Å²) in [5.41, 5.74) is 2.13. The summed E-state index contributed by atoms with van der Waals surface area (Å²) in [6, 6.07) is 20.0. The molecule has 0 unspecified atom stereocenters. The van der Waals surface area contributed by atoms with Crippen LogP contribution < -0.4 is 14.4 Å². The first-order chi connectivity index (χ1) is 19.6. The number of aryl methyl sites for hydroxylation is 1. The number of unbranched alkanes of at least 4 members (excludes halogenated alkanes) is 1. The Morgan fingerprint density at radius 1 is 1.00 bits per heavy atom. The lowest BCUT2D eigenvalue weighted by Crippen LogP contribution is -2.52. The fourth-order valence-electron chi connectivity index (χ4n) is 4.38. The van der Waals surface area contributed by atoms with Crippen LogP contribution in [0.25, 0.3) is 0 Å². The number of halogens is 1. The molecule has 0 aromatic heterocycles. The summed E-state index contributed by atoms with van der Waals surface area (Å²) in [6.07, 6.45) is 2.12. The minimum absolute atomic E-state index is 0.00231. The lowest BCUT2D eigenvalue weighted by atomic mass is 10.1. The van der Waals surface area contributed by atoms with E-state index in [0.29, 0.717) is 28.9 Å². The summed E-state index contributed by atoms with van der Waals surface area (Å²) in [6.45, 7) is 5.97. The second-order valence-electron chi connectivity index (χ2n) is 9.72. The number of nitrogens with zero attached hydrogens (tertiary/aromatic N) is 2. The third-order valence-electron chi connectivity index (χ3n) is 6.72. The summed E-state index contributed by atoms with van der Waals surface area (Å²) in [5.74, 6) is -0.257. The van der Waals surface area contributed by atoms with Crippen molar-refractivity contribution in [2.45, 2.75) is 57.5 Å². The first-order valence-electron chi connectivity index (χ1n) is 13.7. The molecule has 10 heteroatoms. The highest BCUT2D eigenvalue weighted by molar-refractivity contribution is 9.10. The van der Waals surface area contributed by atoms with Crippen LogP contribution in [0.4, 0.5) is 5.69 Å². The summed E-state index contributed by atoms with van der Waals surface area (Å²) in [5, 5.41) is 2.94. The Morgan fingerprint density at radius 2 is 1.68 bits per heavy atom. The minimum Gasteiger partial charge on any atom is -0.496 e. The van der Waals surface area contributed by atoms with Crippen LogP contribution in [0.3, 0.4) is 0 Å². The van der Waals surface area contributed by atoms with Gasteiger partial charge in [-0.25, -0.2) is 8.42 Å². The molecule has 0 bridgehead atoms. The van der Waals surface area contributed by atoms with Gasteiger partial charge < -0.3 is 15.0 Å². The fraction of sp³-hybridized carbons (Fsp3) is 0.355. The van der Waals surface area contributed by atoms with Crippen molar-refractivity contribution in [1.29, 1.82) is 0 Å². The zero-order valence-electron chi connectivity index (χ0n) is 24.0. The zero-order valence-corrected chi connectivity index (χ0v) is 26.4. The van der Waals surface area contributed by atoms with Gasteiger partial charge in [0.25, 0.3) is 10.0 Å². The van der Waals surface area contributed by atoms with Crippen molar-refractivity contribution in [3.63, 3.8) is 0 Å². The molecule has 0 aliphatic carbocycles. The van der Waals surface area contributed by atoms with E-state index in [1.807, 2.05) is 51.1 Å². The highest BCUT2D eigenvalue weighted by Gasteiger charge is 2.33. The molecule has 220 valence electrons. The highest BCUT2D eigenvalue weighted by Crippen LogP contribution is 2.31. The van der Waals surface area contributed by atoms with E-state index in [1.54, 1.807) is 30.3 Å². The molecule has 0 heterocycles. The van der Waals surface area contributed by atoms with Crippen molar-refractivity contribution in [2.24, 2.45) is 0 Å². The van der Waals surface area contributed by atoms with E-state index in [-0.39, 0.29) is 17.3 Å². The molecular weight excluding hydrogens is 606 g/mol. The number of ether oxygens (including phenoxy) is 1. The van der Waals surface area contributed by atoms with Gasteiger partial charge in [0, 0.05) is 13.1 Å². The Bertz CT molecular complexity index is 1420. The monoisotopic (exact) mass is 643 g/mol. The Labute approximate surface area is 251 Å². The van der Waals surface area contributed by atoms with E-state index in [4.69, 9.17) is 4.74 Å². The number of carbonyl (C=O) groups excluding carboxylic acids is 2. The maximum absolute atomic E-state index is 14.1. The molecule has 0 radical (unpaired) electrons. The summed E-state index contributed by atoms with van der Waals surface area (Å²) in [4.78, 5) is 28.8. The summed E-state index contributed by atoms with van der Waals surface area (Å²) in [7, 11) is -2.69. The summed E-state index contributed by atoms with van der Waals surface area (Å²) >= 11 is 3.37. The Hall–Kier alpha value is -3.37. The number of nitrogens with one attached hydrogen (secondary N) is 1. The molecule has 0 saturated heterocycles. The maximum atomic E-state index is 14.1. The Morgan fingerprint density at radius 3 is 2.27 bits per heavy atom. The van der Waals surface area contributed by atoms with E-state index in [2.05, 4.69) is 21.2 Å². The number of hydrogen-bond donors (Lipinski definition) is 1. The number of carbonyl (C=O) groups is 2. The van der Waals surface area contributed by atoms with Gasteiger partial charge in [0.2, 0.25) is 11.8 Å². The molecule has 3 rings (SSSR count). The van der Waals surface area contributed by atoms with Crippen molar-refractivity contribution < 1.29 is 22.7 Å².